The molecule has 0 saturated carbocycles. The lowest BCUT2D eigenvalue weighted by Gasteiger charge is -2.07. The molecule has 1 N–H and O–H groups in total. The van der Waals surface area contributed by atoms with E-state index in [1.165, 1.54) is 0 Å². The highest BCUT2D eigenvalue weighted by molar-refractivity contribution is 9.10. The fourth-order valence-electron chi connectivity index (χ4n) is 1.29. The highest BCUT2D eigenvalue weighted by Crippen LogP contribution is 2.28. The minimum atomic E-state index is -0.708. The van der Waals surface area contributed by atoms with Crippen molar-refractivity contribution in [3.05, 3.63) is 58.5 Å². The van der Waals surface area contributed by atoms with Crippen LogP contribution in [0, 0.1) is 0 Å². The summed E-state index contributed by atoms with van der Waals surface area (Å²) in [6.07, 6.45) is 0.839. The van der Waals surface area contributed by atoms with Crippen molar-refractivity contribution in [3.63, 3.8) is 0 Å². The molecule has 0 fully saturated rings. The Morgan fingerprint density at radius 2 is 1.86 bits per heavy atom. The molecule has 0 aliphatic heterocycles. The van der Waals surface area contributed by atoms with Gasteiger partial charge in [0.15, 0.2) is 5.76 Å². The maximum Gasteiger partial charge on any atom is 0.150 e. The van der Waals surface area contributed by atoms with Crippen LogP contribution >= 0.6 is 15.9 Å². The van der Waals surface area contributed by atoms with Crippen molar-refractivity contribution in [2.75, 3.05) is 0 Å². The second-order valence-electron chi connectivity index (χ2n) is 2.95. The van der Waals surface area contributed by atoms with Crippen molar-refractivity contribution in [3.8, 4) is 0 Å². The lowest BCUT2D eigenvalue weighted by Crippen LogP contribution is -1.97. The first-order valence-electron chi connectivity index (χ1n) is 4.25. The van der Waals surface area contributed by atoms with Crippen LogP contribution in [-0.2, 0) is 0 Å². The minimum Gasteiger partial charge on any atom is -0.465 e. The van der Waals surface area contributed by atoms with E-state index in [0.29, 0.717) is 5.76 Å². The van der Waals surface area contributed by atoms with E-state index in [1.807, 2.05) is 30.3 Å². The predicted octanol–water partition coefficient (Wildman–Crippen LogP) is 3.12. The number of hydrogen-bond donors (Lipinski definition) is 1. The lowest BCUT2D eigenvalue weighted by molar-refractivity contribution is 0.188. The standard InChI is InChI=1S/C11H9BrO2/c12-9-6-7-14-11(9)10(13)8-4-2-1-3-5-8/h1-7,10,13H. The Balaban J connectivity index is 2.34. The Morgan fingerprint density at radius 3 is 2.43 bits per heavy atom. The fourth-order valence-corrected chi connectivity index (χ4v) is 1.71. The molecule has 0 aliphatic rings. The van der Waals surface area contributed by atoms with Crippen molar-refractivity contribution < 1.29 is 9.52 Å². The molecule has 14 heavy (non-hydrogen) atoms. The second-order valence-corrected chi connectivity index (χ2v) is 3.80. The summed E-state index contributed by atoms with van der Waals surface area (Å²) in [4.78, 5) is 0. The monoisotopic (exact) mass is 252 g/mol. The van der Waals surface area contributed by atoms with Gasteiger partial charge in [0.2, 0.25) is 0 Å². The number of benzene rings is 1. The van der Waals surface area contributed by atoms with Gasteiger partial charge in [-0.05, 0) is 27.6 Å². The first kappa shape index (κ1) is 9.49. The summed E-state index contributed by atoms with van der Waals surface area (Å²) in [5, 5.41) is 9.94. The Labute approximate surface area is 90.3 Å². The van der Waals surface area contributed by atoms with E-state index in [0.717, 1.165) is 10.0 Å². The topological polar surface area (TPSA) is 33.4 Å². The first-order valence-corrected chi connectivity index (χ1v) is 5.04. The number of furan rings is 1. The molecular formula is C11H9BrO2. The Hall–Kier alpha value is -1.06. The summed E-state index contributed by atoms with van der Waals surface area (Å²) in [6.45, 7) is 0. The molecule has 0 spiro atoms. The highest BCUT2D eigenvalue weighted by atomic mass is 79.9. The molecule has 0 saturated heterocycles. The molecule has 1 heterocycles. The summed E-state index contributed by atoms with van der Waals surface area (Å²) >= 11 is 3.31. The molecular weight excluding hydrogens is 244 g/mol. The average molecular weight is 253 g/mol. The van der Waals surface area contributed by atoms with Crippen LogP contribution in [0.3, 0.4) is 0 Å². The van der Waals surface area contributed by atoms with Crippen molar-refractivity contribution in [2.24, 2.45) is 0 Å². The summed E-state index contributed by atoms with van der Waals surface area (Å²) < 4.78 is 5.97. The van der Waals surface area contributed by atoms with Gasteiger partial charge in [0, 0.05) is 0 Å². The molecule has 1 aromatic carbocycles. The number of aliphatic hydroxyl groups excluding tert-OH is 1. The van der Waals surface area contributed by atoms with E-state index in [2.05, 4.69) is 15.9 Å². The molecule has 2 rings (SSSR count). The molecule has 2 aromatic rings. The smallest absolute Gasteiger partial charge is 0.150 e. The van der Waals surface area contributed by atoms with E-state index in [1.54, 1.807) is 12.3 Å². The molecule has 2 nitrogen and oxygen atoms in total. The molecule has 1 atom stereocenters. The van der Waals surface area contributed by atoms with Crippen molar-refractivity contribution in [1.29, 1.82) is 0 Å². The Morgan fingerprint density at radius 1 is 1.14 bits per heavy atom. The van der Waals surface area contributed by atoms with Gasteiger partial charge in [-0.3, -0.25) is 0 Å². The number of aliphatic hydroxyl groups is 1. The van der Waals surface area contributed by atoms with E-state index in [4.69, 9.17) is 4.42 Å². The summed E-state index contributed by atoms with van der Waals surface area (Å²) in [7, 11) is 0. The van der Waals surface area contributed by atoms with Gasteiger partial charge in [0.1, 0.15) is 6.10 Å². The van der Waals surface area contributed by atoms with Gasteiger partial charge < -0.3 is 9.52 Å². The first-order chi connectivity index (χ1) is 6.79. The largest absolute Gasteiger partial charge is 0.465 e. The van der Waals surface area contributed by atoms with Gasteiger partial charge in [0.25, 0.3) is 0 Å². The number of halogens is 1. The minimum absolute atomic E-state index is 0.538. The molecule has 72 valence electrons. The molecule has 0 aliphatic carbocycles. The number of rotatable bonds is 2. The Kier molecular flexibility index (Phi) is 2.70. The quantitative estimate of drug-likeness (QED) is 0.891. The molecule has 1 aromatic heterocycles. The highest BCUT2D eigenvalue weighted by Gasteiger charge is 2.16. The normalized spacial score (nSPS) is 12.7. The van der Waals surface area contributed by atoms with Crippen LogP contribution in [-0.4, -0.2) is 5.11 Å². The summed E-state index contributed by atoms with van der Waals surface area (Å²) in [5.74, 6) is 0.538. The SMILES string of the molecule is OC(c1ccccc1)c1occc1Br. The third-order valence-corrected chi connectivity index (χ3v) is 2.66. The number of hydrogen-bond acceptors (Lipinski definition) is 2. The Bertz CT molecular complexity index is 408. The third kappa shape index (κ3) is 1.74. The van der Waals surface area contributed by atoms with Crippen LogP contribution in [0.25, 0.3) is 0 Å². The van der Waals surface area contributed by atoms with Gasteiger partial charge in [-0.1, -0.05) is 30.3 Å². The zero-order valence-electron chi connectivity index (χ0n) is 7.35. The summed E-state index contributed by atoms with van der Waals surface area (Å²) in [5.41, 5.74) is 0.822. The van der Waals surface area contributed by atoms with Crippen molar-refractivity contribution >= 4 is 15.9 Å². The maximum atomic E-state index is 9.94. The van der Waals surface area contributed by atoms with Crippen LogP contribution in [0.4, 0.5) is 0 Å². The second kappa shape index (κ2) is 3.98. The summed E-state index contributed by atoms with van der Waals surface area (Å²) in [6, 6.07) is 11.2. The molecule has 0 amide bonds. The van der Waals surface area contributed by atoms with Crippen LogP contribution in [0.1, 0.15) is 17.4 Å². The zero-order chi connectivity index (χ0) is 9.97. The third-order valence-electron chi connectivity index (χ3n) is 2.01. The van der Waals surface area contributed by atoms with Gasteiger partial charge >= 0.3 is 0 Å². The van der Waals surface area contributed by atoms with Crippen LogP contribution in [0.15, 0.2) is 51.6 Å². The van der Waals surface area contributed by atoms with E-state index >= 15 is 0 Å². The van der Waals surface area contributed by atoms with Crippen LogP contribution in [0.2, 0.25) is 0 Å². The lowest BCUT2D eigenvalue weighted by atomic mass is 10.1. The van der Waals surface area contributed by atoms with Crippen LogP contribution in [0.5, 0.6) is 0 Å². The van der Waals surface area contributed by atoms with Crippen molar-refractivity contribution in [1.82, 2.24) is 0 Å². The van der Waals surface area contributed by atoms with Gasteiger partial charge in [0.05, 0.1) is 10.7 Å². The average Bonchev–Trinajstić information content (AvgIpc) is 2.65. The molecule has 0 bridgehead atoms. The predicted molar refractivity (Wildman–Crippen MR) is 56.9 cm³/mol. The van der Waals surface area contributed by atoms with E-state index in [9.17, 15) is 5.11 Å². The van der Waals surface area contributed by atoms with E-state index in [-0.39, 0.29) is 0 Å². The fraction of sp³-hybridized carbons (Fsp3) is 0.0909. The van der Waals surface area contributed by atoms with Gasteiger partial charge in [-0.2, -0.15) is 0 Å². The van der Waals surface area contributed by atoms with Gasteiger partial charge in [-0.15, -0.1) is 0 Å². The van der Waals surface area contributed by atoms with Gasteiger partial charge in [-0.25, -0.2) is 0 Å². The molecule has 0 radical (unpaired) electrons. The van der Waals surface area contributed by atoms with Crippen LogP contribution < -0.4 is 0 Å². The zero-order valence-corrected chi connectivity index (χ0v) is 8.94. The molecule has 3 heteroatoms. The maximum absolute atomic E-state index is 9.94. The van der Waals surface area contributed by atoms with E-state index < -0.39 is 6.10 Å². The molecule has 1 unspecified atom stereocenters. The van der Waals surface area contributed by atoms with Crippen molar-refractivity contribution in [2.45, 2.75) is 6.10 Å².